The predicted octanol–water partition coefficient (Wildman–Crippen LogP) is 5.00. The van der Waals surface area contributed by atoms with E-state index < -0.39 is 0 Å². The molecule has 0 aliphatic carbocycles. The van der Waals surface area contributed by atoms with Gasteiger partial charge in [-0.2, -0.15) is 10.2 Å². The number of rotatable bonds is 5. The van der Waals surface area contributed by atoms with Gasteiger partial charge in [-0.15, -0.1) is 0 Å². The summed E-state index contributed by atoms with van der Waals surface area (Å²) in [5.41, 5.74) is 2.10. The van der Waals surface area contributed by atoms with Crippen molar-refractivity contribution in [3.8, 4) is 0 Å². The van der Waals surface area contributed by atoms with Crippen LogP contribution >= 0.6 is 46.4 Å². The van der Waals surface area contributed by atoms with Gasteiger partial charge in [-0.3, -0.25) is 14.2 Å². The third-order valence-electron chi connectivity index (χ3n) is 3.94. The van der Waals surface area contributed by atoms with Crippen LogP contribution in [0.5, 0.6) is 0 Å². The molecule has 0 saturated heterocycles. The summed E-state index contributed by atoms with van der Waals surface area (Å²) >= 11 is 24.7. The Bertz CT molecular complexity index is 991. The summed E-state index contributed by atoms with van der Waals surface area (Å²) in [4.78, 5) is 12.3. The standard InChI is InChI=1S/C17H15Cl4N5O/c1-9-16(21)10(2)26(23-9)8-15(27)22-17-14(20)7-25(24-17)6-11-12(18)4-3-5-13(11)19/h3-5,7H,6,8H2,1-2H3,(H,22,24,27). The Hall–Kier alpha value is -1.73. The van der Waals surface area contributed by atoms with Gasteiger partial charge in [0.15, 0.2) is 5.82 Å². The highest BCUT2D eigenvalue weighted by molar-refractivity contribution is 6.36. The van der Waals surface area contributed by atoms with Crippen LogP contribution in [0.2, 0.25) is 20.1 Å². The molecule has 3 aromatic rings. The highest BCUT2D eigenvalue weighted by atomic mass is 35.5. The molecular formula is C17H15Cl4N5O. The van der Waals surface area contributed by atoms with Crippen LogP contribution in [0.25, 0.3) is 0 Å². The van der Waals surface area contributed by atoms with Crippen molar-refractivity contribution < 1.29 is 4.79 Å². The number of hydrogen-bond donors (Lipinski definition) is 1. The molecule has 1 N–H and O–H groups in total. The number of carbonyl (C=O) groups excluding carboxylic acids is 1. The quantitative estimate of drug-likeness (QED) is 0.599. The molecule has 0 aliphatic rings. The number of anilines is 1. The summed E-state index contributed by atoms with van der Waals surface area (Å²) < 4.78 is 3.09. The monoisotopic (exact) mass is 445 g/mol. The second-order valence-corrected chi connectivity index (χ2v) is 7.51. The van der Waals surface area contributed by atoms with Gasteiger partial charge in [-0.1, -0.05) is 52.5 Å². The fourth-order valence-corrected chi connectivity index (χ4v) is 3.39. The van der Waals surface area contributed by atoms with Crippen molar-refractivity contribution in [2.24, 2.45) is 0 Å². The zero-order chi connectivity index (χ0) is 19.7. The number of hydrogen-bond acceptors (Lipinski definition) is 3. The van der Waals surface area contributed by atoms with Crippen LogP contribution in [-0.4, -0.2) is 25.5 Å². The smallest absolute Gasteiger partial charge is 0.247 e. The van der Waals surface area contributed by atoms with Crippen LogP contribution in [0.1, 0.15) is 17.0 Å². The first kappa shape index (κ1) is 20.0. The summed E-state index contributed by atoms with van der Waals surface area (Å²) in [6, 6.07) is 5.26. The lowest BCUT2D eigenvalue weighted by Gasteiger charge is -2.07. The number of halogens is 4. The van der Waals surface area contributed by atoms with Crippen LogP contribution < -0.4 is 5.32 Å². The lowest BCUT2D eigenvalue weighted by molar-refractivity contribution is -0.117. The zero-order valence-corrected chi connectivity index (χ0v) is 17.5. The van der Waals surface area contributed by atoms with Gasteiger partial charge in [0.25, 0.3) is 0 Å². The third kappa shape index (κ3) is 4.41. The van der Waals surface area contributed by atoms with Gasteiger partial charge in [0.2, 0.25) is 5.91 Å². The second-order valence-electron chi connectivity index (χ2n) is 5.91. The highest BCUT2D eigenvalue weighted by Gasteiger charge is 2.16. The zero-order valence-electron chi connectivity index (χ0n) is 14.4. The maximum atomic E-state index is 12.3. The molecule has 0 bridgehead atoms. The van der Waals surface area contributed by atoms with Crippen LogP contribution in [-0.2, 0) is 17.9 Å². The molecular weight excluding hydrogens is 432 g/mol. The van der Waals surface area contributed by atoms with Crippen molar-refractivity contribution >= 4 is 58.1 Å². The van der Waals surface area contributed by atoms with E-state index >= 15 is 0 Å². The first-order valence-electron chi connectivity index (χ1n) is 7.91. The van der Waals surface area contributed by atoms with E-state index in [0.29, 0.717) is 38.0 Å². The Morgan fingerprint density at radius 1 is 1.07 bits per heavy atom. The number of aromatic nitrogens is 4. The number of benzene rings is 1. The minimum atomic E-state index is -0.319. The van der Waals surface area contributed by atoms with Crippen LogP contribution in [0, 0.1) is 13.8 Å². The van der Waals surface area contributed by atoms with Gasteiger partial charge < -0.3 is 5.32 Å². The second kappa shape index (κ2) is 8.10. The average molecular weight is 447 g/mol. The van der Waals surface area contributed by atoms with E-state index in [1.54, 1.807) is 42.9 Å². The Labute approximate surface area is 176 Å². The van der Waals surface area contributed by atoms with Crippen LogP contribution in [0.4, 0.5) is 5.82 Å². The number of nitrogens with one attached hydrogen (secondary N) is 1. The van der Waals surface area contributed by atoms with E-state index in [1.807, 2.05) is 0 Å². The summed E-state index contributed by atoms with van der Waals surface area (Å²) in [5, 5.41) is 13.1. The van der Waals surface area contributed by atoms with Gasteiger partial charge in [-0.05, 0) is 26.0 Å². The SMILES string of the molecule is Cc1nn(CC(=O)Nc2nn(Cc3c(Cl)cccc3Cl)cc2Cl)c(C)c1Cl. The van der Waals surface area contributed by atoms with Gasteiger partial charge in [0, 0.05) is 21.8 Å². The summed E-state index contributed by atoms with van der Waals surface area (Å²) in [7, 11) is 0. The van der Waals surface area contributed by atoms with Crippen molar-refractivity contribution in [1.82, 2.24) is 19.6 Å². The van der Waals surface area contributed by atoms with Gasteiger partial charge in [0.1, 0.15) is 11.6 Å². The van der Waals surface area contributed by atoms with Gasteiger partial charge >= 0.3 is 0 Å². The van der Waals surface area contributed by atoms with Crippen molar-refractivity contribution in [1.29, 1.82) is 0 Å². The maximum Gasteiger partial charge on any atom is 0.247 e. The van der Waals surface area contributed by atoms with E-state index in [2.05, 4.69) is 15.5 Å². The Balaban J connectivity index is 1.73. The van der Waals surface area contributed by atoms with E-state index in [4.69, 9.17) is 46.4 Å². The Kier molecular flexibility index (Phi) is 6.01. The largest absolute Gasteiger partial charge is 0.306 e. The molecule has 0 fully saturated rings. The van der Waals surface area contributed by atoms with Crippen molar-refractivity contribution in [3.05, 3.63) is 61.4 Å². The van der Waals surface area contributed by atoms with Crippen molar-refractivity contribution in [2.75, 3.05) is 5.32 Å². The fraction of sp³-hybridized carbons (Fsp3) is 0.235. The van der Waals surface area contributed by atoms with Crippen molar-refractivity contribution in [3.63, 3.8) is 0 Å². The first-order chi connectivity index (χ1) is 12.8. The molecule has 0 atom stereocenters. The van der Waals surface area contributed by atoms with E-state index in [-0.39, 0.29) is 18.3 Å². The van der Waals surface area contributed by atoms with Crippen LogP contribution in [0.3, 0.4) is 0 Å². The number of nitrogens with zero attached hydrogens (tertiary/aromatic N) is 4. The van der Waals surface area contributed by atoms with E-state index in [0.717, 1.165) is 5.56 Å². The van der Waals surface area contributed by atoms with Gasteiger partial charge in [-0.25, -0.2) is 0 Å². The summed E-state index contributed by atoms with van der Waals surface area (Å²) in [5.74, 6) is -0.0716. The van der Waals surface area contributed by atoms with Crippen LogP contribution in [0.15, 0.2) is 24.4 Å². The lowest BCUT2D eigenvalue weighted by Crippen LogP contribution is -2.21. The molecule has 2 heterocycles. The molecule has 0 unspecified atom stereocenters. The Morgan fingerprint density at radius 3 is 2.33 bits per heavy atom. The van der Waals surface area contributed by atoms with E-state index in [1.165, 1.54) is 4.68 Å². The number of carbonyl (C=O) groups is 1. The minimum absolute atomic E-state index is 0.00107. The summed E-state index contributed by atoms with van der Waals surface area (Å²) in [6.07, 6.45) is 1.59. The number of amides is 1. The molecule has 1 aromatic carbocycles. The number of aryl methyl sites for hydroxylation is 1. The van der Waals surface area contributed by atoms with E-state index in [9.17, 15) is 4.79 Å². The Morgan fingerprint density at radius 2 is 1.74 bits per heavy atom. The summed E-state index contributed by atoms with van der Waals surface area (Å²) in [6.45, 7) is 3.90. The molecule has 2 aromatic heterocycles. The molecule has 10 heteroatoms. The molecule has 6 nitrogen and oxygen atoms in total. The highest BCUT2D eigenvalue weighted by Crippen LogP contribution is 2.27. The molecule has 0 aliphatic heterocycles. The maximum absolute atomic E-state index is 12.3. The first-order valence-corrected chi connectivity index (χ1v) is 9.42. The average Bonchev–Trinajstić information content (AvgIpc) is 3.06. The molecule has 3 rings (SSSR count). The molecule has 1 amide bonds. The predicted molar refractivity (Wildman–Crippen MR) is 108 cm³/mol. The fourth-order valence-electron chi connectivity index (χ4n) is 2.54. The third-order valence-corrected chi connectivity index (χ3v) is 5.48. The molecule has 0 saturated carbocycles. The van der Waals surface area contributed by atoms with Crippen molar-refractivity contribution in [2.45, 2.75) is 26.9 Å². The van der Waals surface area contributed by atoms with Gasteiger partial charge in [0.05, 0.1) is 23.0 Å². The molecule has 0 radical (unpaired) electrons. The molecule has 0 spiro atoms. The molecule has 27 heavy (non-hydrogen) atoms. The lowest BCUT2D eigenvalue weighted by atomic mass is 10.2. The topological polar surface area (TPSA) is 64.7 Å². The normalized spacial score (nSPS) is 11.0. The minimum Gasteiger partial charge on any atom is -0.306 e. The molecule has 142 valence electrons.